The van der Waals surface area contributed by atoms with Crippen LogP contribution in [0, 0.1) is 11.3 Å². The smallest absolute Gasteiger partial charge is 0.127 e. The van der Waals surface area contributed by atoms with Crippen molar-refractivity contribution in [3.8, 4) is 5.75 Å². The molecule has 1 aliphatic rings. The number of amidine groups is 1. The third-order valence-corrected chi connectivity index (χ3v) is 3.84. The predicted octanol–water partition coefficient (Wildman–Crippen LogP) is 2.39. The van der Waals surface area contributed by atoms with Crippen LogP contribution < -0.4 is 10.5 Å². The van der Waals surface area contributed by atoms with Crippen LogP contribution in [-0.2, 0) is 13.0 Å². The van der Waals surface area contributed by atoms with E-state index < -0.39 is 0 Å². The van der Waals surface area contributed by atoms with E-state index in [0.29, 0.717) is 0 Å². The molecule has 1 heterocycles. The molecule has 3 N–H and O–H groups in total. The van der Waals surface area contributed by atoms with E-state index in [0.717, 1.165) is 36.3 Å². The first kappa shape index (κ1) is 14.3. The largest absolute Gasteiger partial charge is 0.493 e. The molecule has 0 spiro atoms. The van der Waals surface area contributed by atoms with Gasteiger partial charge >= 0.3 is 0 Å². The third-order valence-electron chi connectivity index (χ3n) is 3.38. The van der Waals surface area contributed by atoms with Gasteiger partial charge in [0.2, 0.25) is 0 Å². The fraction of sp³-hybridized carbons (Fsp3) is 0.500. The number of nitrogens with one attached hydrogen (secondary N) is 1. The van der Waals surface area contributed by atoms with Gasteiger partial charge in [0, 0.05) is 35.5 Å². The van der Waals surface area contributed by atoms with E-state index in [1.807, 2.05) is 14.0 Å². The van der Waals surface area contributed by atoms with Gasteiger partial charge in [-0.3, -0.25) is 5.41 Å². The lowest BCUT2D eigenvalue weighted by Crippen LogP contribution is -2.31. The van der Waals surface area contributed by atoms with Gasteiger partial charge in [-0.15, -0.1) is 0 Å². The van der Waals surface area contributed by atoms with Crippen molar-refractivity contribution < 1.29 is 4.74 Å². The minimum atomic E-state index is 0.0751. The quantitative estimate of drug-likeness (QED) is 0.645. The Morgan fingerprint density at radius 3 is 3.00 bits per heavy atom. The van der Waals surface area contributed by atoms with Crippen molar-refractivity contribution in [1.29, 1.82) is 5.41 Å². The molecule has 0 bridgehead atoms. The van der Waals surface area contributed by atoms with Crippen molar-refractivity contribution in [1.82, 2.24) is 4.90 Å². The molecule has 0 amide bonds. The molecule has 1 unspecified atom stereocenters. The van der Waals surface area contributed by atoms with Crippen LogP contribution in [-0.4, -0.2) is 30.9 Å². The zero-order valence-electron chi connectivity index (χ0n) is 11.4. The van der Waals surface area contributed by atoms with E-state index in [4.69, 9.17) is 15.9 Å². The molecule has 4 nitrogen and oxygen atoms in total. The topological polar surface area (TPSA) is 62.3 Å². The minimum absolute atomic E-state index is 0.0751. The molecule has 0 saturated carbocycles. The first-order valence-electron chi connectivity index (χ1n) is 6.44. The first-order chi connectivity index (χ1) is 8.97. The summed E-state index contributed by atoms with van der Waals surface area (Å²) in [5.74, 6) is 1.35. The lowest BCUT2D eigenvalue weighted by atomic mass is 10.1. The van der Waals surface area contributed by atoms with Crippen molar-refractivity contribution in [3.05, 3.63) is 27.7 Å². The van der Waals surface area contributed by atoms with Gasteiger partial charge in [0.15, 0.2) is 0 Å². The van der Waals surface area contributed by atoms with Crippen molar-refractivity contribution in [2.24, 2.45) is 11.7 Å². The maximum Gasteiger partial charge on any atom is 0.127 e. The highest BCUT2D eigenvalue weighted by molar-refractivity contribution is 9.10. The highest BCUT2D eigenvalue weighted by atomic mass is 79.9. The van der Waals surface area contributed by atoms with E-state index in [1.165, 1.54) is 11.1 Å². The van der Waals surface area contributed by atoms with Crippen molar-refractivity contribution in [2.75, 3.05) is 20.2 Å². The van der Waals surface area contributed by atoms with E-state index >= 15 is 0 Å². The molecule has 0 radical (unpaired) electrons. The molecule has 19 heavy (non-hydrogen) atoms. The van der Waals surface area contributed by atoms with Crippen molar-refractivity contribution >= 4 is 21.8 Å². The summed E-state index contributed by atoms with van der Waals surface area (Å²) in [5, 5.41) is 7.45. The van der Waals surface area contributed by atoms with E-state index in [9.17, 15) is 0 Å². The lowest BCUT2D eigenvalue weighted by Gasteiger charge is -2.21. The number of nitrogens with zero attached hydrogens (tertiary/aromatic N) is 1. The molecule has 104 valence electrons. The van der Waals surface area contributed by atoms with Gasteiger partial charge < -0.3 is 15.4 Å². The summed E-state index contributed by atoms with van der Waals surface area (Å²) in [4.78, 5) is 2.18. The summed E-state index contributed by atoms with van der Waals surface area (Å²) in [6, 6.07) is 4.24. The van der Waals surface area contributed by atoms with Gasteiger partial charge in [0.05, 0.1) is 12.4 Å². The molecule has 0 saturated heterocycles. The van der Waals surface area contributed by atoms with Crippen LogP contribution in [0.4, 0.5) is 0 Å². The Morgan fingerprint density at radius 2 is 2.32 bits per heavy atom. The Balaban J connectivity index is 2.09. The summed E-state index contributed by atoms with van der Waals surface area (Å²) in [6.45, 7) is 4.32. The summed E-state index contributed by atoms with van der Waals surface area (Å²) < 4.78 is 6.82. The Bertz CT molecular complexity index is 490. The van der Waals surface area contributed by atoms with Crippen molar-refractivity contribution in [2.45, 2.75) is 19.9 Å². The normalized spacial score (nSPS) is 15.2. The van der Waals surface area contributed by atoms with E-state index in [2.05, 4.69) is 33.0 Å². The van der Waals surface area contributed by atoms with Gasteiger partial charge in [0.1, 0.15) is 5.75 Å². The number of nitrogens with two attached hydrogens (primary N) is 1. The average Bonchev–Trinajstić information content (AvgIpc) is 2.76. The highest BCUT2D eigenvalue weighted by Crippen LogP contribution is 2.33. The van der Waals surface area contributed by atoms with Gasteiger partial charge in [0.25, 0.3) is 0 Å². The maximum atomic E-state index is 7.45. The van der Waals surface area contributed by atoms with Gasteiger partial charge in [-0.05, 0) is 24.7 Å². The molecule has 1 aromatic carbocycles. The Labute approximate surface area is 122 Å². The van der Waals surface area contributed by atoms with Gasteiger partial charge in [-0.1, -0.05) is 22.9 Å². The van der Waals surface area contributed by atoms with Crippen molar-refractivity contribution in [3.63, 3.8) is 0 Å². The molecule has 1 atom stereocenters. The lowest BCUT2D eigenvalue weighted by molar-refractivity contribution is 0.295. The second-order valence-corrected chi connectivity index (χ2v) is 6.12. The van der Waals surface area contributed by atoms with Crippen LogP contribution in [0.25, 0.3) is 0 Å². The van der Waals surface area contributed by atoms with Gasteiger partial charge in [-0.2, -0.15) is 0 Å². The first-order valence-corrected chi connectivity index (χ1v) is 7.23. The third kappa shape index (κ3) is 3.48. The Hall–Kier alpha value is -1.07. The van der Waals surface area contributed by atoms with Crippen LogP contribution in [0.3, 0.4) is 0 Å². The predicted molar refractivity (Wildman–Crippen MR) is 80.8 cm³/mol. The highest BCUT2D eigenvalue weighted by Gasteiger charge is 2.19. The molecule has 0 fully saturated rings. The SMILES string of the molecule is CC(CN(C)Cc1cc(Br)cc2c1OCC2)C(=N)N. The van der Waals surface area contributed by atoms with E-state index in [1.54, 1.807) is 0 Å². The zero-order chi connectivity index (χ0) is 14.0. The summed E-state index contributed by atoms with van der Waals surface area (Å²) in [6.07, 6.45) is 0.981. The monoisotopic (exact) mass is 325 g/mol. The number of hydrogen-bond acceptors (Lipinski definition) is 3. The molecule has 0 aromatic heterocycles. The number of benzene rings is 1. The number of rotatable bonds is 5. The number of halogens is 1. The molecule has 1 aromatic rings. The Kier molecular flexibility index (Phi) is 4.47. The maximum absolute atomic E-state index is 7.45. The molecular formula is C14H20BrN3O. The summed E-state index contributed by atoms with van der Waals surface area (Å²) in [5.41, 5.74) is 7.99. The molecule has 1 aliphatic heterocycles. The Morgan fingerprint density at radius 1 is 1.58 bits per heavy atom. The van der Waals surface area contributed by atoms with Crippen LogP contribution in [0.5, 0.6) is 5.75 Å². The minimum Gasteiger partial charge on any atom is -0.493 e. The summed E-state index contributed by atoms with van der Waals surface area (Å²) >= 11 is 3.55. The van der Waals surface area contributed by atoms with Crippen LogP contribution >= 0.6 is 15.9 Å². The van der Waals surface area contributed by atoms with E-state index in [-0.39, 0.29) is 11.8 Å². The number of ether oxygens (including phenoxy) is 1. The average molecular weight is 326 g/mol. The van der Waals surface area contributed by atoms with Crippen LogP contribution in [0.15, 0.2) is 16.6 Å². The van der Waals surface area contributed by atoms with Crippen LogP contribution in [0.1, 0.15) is 18.1 Å². The molecule has 2 rings (SSSR count). The second kappa shape index (κ2) is 5.92. The fourth-order valence-electron chi connectivity index (χ4n) is 2.38. The zero-order valence-corrected chi connectivity index (χ0v) is 13.0. The van der Waals surface area contributed by atoms with Gasteiger partial charge in [-0.25, -0.2) is 0 Å². The molecule has 0 aliphatic carbocycles. The number of fused-ring (bicyclic) bond motifs is 1. The number of hydrogen-bond donors (Lipinski definition) is 2. The molecular weight excluding hydrogens is 306 g/mol. The fourth-order valence-corrected chi connectivity index (χ4v) is 2.94. The summed E-state index contributed by atoms with van der Waals surface area (Å²) in [7, 11) is 2.04. The molecule has 5 heteroatoms. The van der Waals surface area contributed by atoms with Crippen LogP contribution in [0.2, 0.25) is 0 Å². The second-order valence-electron chi connectivity index (χ2n) is 5.20. The standard InChI is InChI=1S/C14H20BrN3O/c1-9(14(16)17)7-18(2)8-11-6-12(15)5-10-3-4-19-13(10)11/h5-6,9H,3-4,7-8H2,1-2H3,(H3,16,17).